The summed E-state index contributed by atoms with van der Waals surface area (Å²) in [6, 6.07) is 19.8. The SMILES string of the molecule is O=C(/C=C/c1ccc2c(c1)OCO2)Nc1cc(Cl)ccc1Oc1ccccc1. The summed E-state index contributed by atoms with van der Waals surface area (Å²) >= 11 is 6.08. The van der Waals surface area contributed by atoms with Crippen molar-refractivity contribution in [3.8, 4) is 23.0 Å². The highest BCUT2D eigenvalue weighted by Crippen LogP contribution is 2.33. The van der Waals surface area contributed by atoms with E-state index in [4.69, 9.17) is 25.8 Å². The van der Waals surface area contributed by atoms with Crippen LogP contribution >= 0.6 is 11.6 Å². The minimum Gasteiger partial charge on any atom is -0.455 e. The Morgan fingerprint density at radius 1 is 1.00 bits per heavy atom. The summed E-state index contributed by atoms with van der Waals surface area (Å²) in [5.74, 6) is 2.22. The van der Waals surface area contributed by atoms with Gasteiger partial charge >= 0.3 is 0 Å². The van der Waals surface area contributed by atoms with E-state index in [2.05, 4.69) is 5.32 Å². The van der Waals surface area contributed by atoms with Crippen LogP contribution in [0.15, 0.2) is 72.8 Å². The summed E-state index contributed by atoms with van der Waals surface area (Å²) in [6.45, 7) is 0.210. The van der Waals surface area contributed by atoms with Crippen molar-refractivity contribution in [2.45, 2.75) is 0 Å². The lowest BCUT2D eigenvalue weighted by atomic mass is 10.2. The van der Waals surface area contributed by atoms with Gasteiger partial charge in [-0.3, -0.25) is 4.79 Å². The molecule has 140 valence electrons. The molecule has 1 aliphatic heterocycles. The molecule has 1 aliphatic rings. The molecule has 1 amide bonds. The molecular formula is C22H16ClNO4. The first kappa shape index (κ1) is 17.9. The fourth-order valence-electron chi connectivity index (χ4n) is 2.67. The van der Waals surface area contributed by atoms with Gasteiger partial charge in [0, 0.05) is 11.1 Å². The number of anilines is 1. The van der Waals surface area contributed by atoms with Crippen molar-refractivity contribution in [3.63, 3.8) is 0 Å². The first-order valence-corrected chi connectivity index (χ1v) is 8.96. The third-order valence-corrected chi connectivity index (χ3v) is 4.23. The highest BCUT2D eigenvalue weighted by atomic mass is 35.5. The van der Waals surface area contributed by atoms with E-state index in [1.165, 1.54) is 6.08 Å². The molecule has 4 rings (SSSR count). The summed E-state index contributed by atoms with van der Waals surface area (Å²) in [7, 11) is 0. The van der Waals surface area contributed by atoms with Gasteiger partial charge in [-0.1, -0.05) is 35.9 Å². The van der Waals surface area contributed by atoms with E-state index in [9.17, 15) is 4.79 Å². The molecule has 0 saturated carbocycles. The average molecular weight is 394 g/mol. The molecule has 0 saturated heterocycles. The van der Waals surface area contributed by atoms with Gasteiger partial charge in [-0.25, -0.2) is 0 Å². The standard InChI is InChI=1S/C22H16ClNO4/c23-16-8-10-19(28-17-4-2-1-3-5-17)18(13-16)24-22(25)11-7-15-6-9-20-21(12-15)27-14-26-20/h1-13H,14H2,(H,24,25)/b11-7+. The molecule has 0 unspecified atom stereocenters. The number of para-hydroxylation sites is 1. The number of amides is 1. The molecule has 0 aromatic heterocycles. The van der Waals surface area contributed by atoms with Crippen molar-refractivity contribution in [2.24, 2.45) is 0 Å². The summed E-state index contributed by atoms with van der Waals surface area (Å²) in [5, 5.41) is 3.30. The lowest BCUT2D eigenvalue weighted by molar-refractivity contribution is -0.111. The number of fused-ring (bicyclic) bond motifs is 1. The zero-order chi connectivity index (χ0) is 19.3. The monoisotopic (exact) mass is 393 g/mol. The molecule has 3 aromatic carbocycles. The third-order valence-electron chi connectivity index (χ3n) is 3.99. The van der Waals surface area contributed by atoms with Gasteiger partial charge in [-0.2, -0.15) is 0 Å². The Kier molecular flexibility index (Phi) is 5.17. The smallest absolute Gasteiger partial charge is 0.248 e. The zero-order valence-electron chi connectivity index (χ0n) is 14.7. The molecule has 1 N–H and O–H groups in total. The van der Waals surface area contributed by atoms with E-state index in [1.54, 1.807) is 24.3 Å². The quantitative estimate of drug-likeness (QED) is 0.580. The van der Waals surface area contributed by atoms with E-state index in [1.807, 2.05) is 48.5 Å². The first-order valence-electron chi connectivity index (χ1n) is 8.58. The summed E-state index contributed by atoms with van der Waals surface area (Å²) in [4.78, 5) is 12.4. The Bertz CT molecular complexity index is 1030. The van der Waals surface area contributed by atoms with Crippen LogP contribution in [0.2, 0.25) is 5.02 Å². The van der Waals surface area contributed by atoms with Crippen molar-refractivity contribution < 1.29 is 19.0 Å². The summed E-state index contributed by atoms with van der Waals surface area (Å²) in [5.41, 5.74) is 1.31. The number of benzene rings is 3. The average Bonchev–Trinajstić information content (AvgIpc) is 3.17. The molecule has 0 atom stereocenters. The second-order valence-corrected chi connectivity index (χ2v) is 6.43. The number of hydrogen-bond donors (Lipinski definition) is 1. The number of nitrogens with one attached hydrogen (secondary N) is 1. The number of hydrogen-bond acceptors (Lipinski definition) is 4. The van der Waals surface area contributed by atoms with Crippen LogP contribution in [0.25, 0.3) is 6.08 Å². The number of carbonyl (C=O) groups is 1. The molecule has 1 heterocycles. The topological polar surface area (TPSA) is 56.8 Å². The van der Waals surface area contributed by atoms with Gasteiger partial charge in [-0.05, 0) is 54.1 Å². The molecule has 0 fully saturated rings. The maximum Gasteiger partial charge on any atom is 0.248 e. The van der Waals surface area contributed by atoms with E-state index in [-0.39, 0.29) is 12.7 Å². The van der Waals surface area contributed by atoms with E-state index >= 15 is 0 Å². The molecule has 0 radical (unpaired) electrons. The third kappa shape index (κ3) is 4.27. The fraction of sp³-hybridized carbons (Fsp3) is 0.0455. The highest BCUT2D eigenvalue weighted by Gasteiger charge is 2.12. The Labute approximate surface area is 167 Å². The summed E-state index contributed by atoms with van der Waals surface area (Å²) in [6.07, 6.45) is 3.13. The van der Waals surface area contributed by atoms with Gasteiger partial charge in [0.15, 0.2) is 17.2 Å². The number of ether oxygens (including phenoxy) is 3. The van der Waals surface area contributed by atoms with Gasteiger partial charge in [0.2, 0.25) is 12.7 Å². The van der Waals surface area contributed by atoms with Crippen LogP contribution in [0.4, 0.5) is 5.69 Å². The van der Waals surface area contributed by atoms with Crippen LogP contribution in [0, 0.1) is 0 Å². The molecule has 3 aromatic rings. The van der Waals surface area contributed by atoms with Crippen LogP contribution in [-0.2, 0) is 4.79 Å². The Balaban J connectivity index is 1.48. The molecule has 0 bridgehead atoms. The maximum atomic E-state index is 12.4. The van der Waals surface area contributed by atoms with Crippen LogP contribution in [0.1, 0.15) is 5.56 Å². The predicted octanol–water partition coefficient (Wildman–Crippen LogP) is 5.51. The molecule has 6 heteroatoms. The number of halogens is 1. The van der Waals surface area contributed by atoms with E-state index < -0.39 is 0 Å². The Hall–Kier alpha value is -3.44. The van der Waals surface area contributed by atoms with Crippen molar-refractivity contribution in [1.82, 2.24) is 0 Å². The van der Waals surface area contributed by atoms with E-state index in [0.29, 0.717) is 33.7 Å². The Morgan fingerprint density at radius 3 is 2.68 bits per heavy atom. The lowest BCUT2D eigenvalue weighted by Crippen LogP contribution is -2.08. The largest absolute Gasteiger partial charge is 0.455 e. The van der Waals surface area contributed by atoms with Crippen molar-refractivity contribution in [3.05, 3.63) is 83.4 Å². The second kappa shape index (κ2) is 8.06. The van der Waals surface area contributed by atoms with Gasteiger partial charge in [-0.15, -0.1) is 0 Å². The van der Waals surface area contributed by atoms with Crippen LogP contribution in [0.3, 0.4) is 0 Å². The highest BCUT2D eigenvalue weighted by molar-refractivity contribution is 6.31. The van der Waals surface area contributed by atoms with Crippen LogP contribution in [0.5, 0.6) is 23.0 Å². The number of carbonyl (C=O) groups excluding carboxylic acids is 1. The first-order chi connectivity index (χ1) is 13.7. The van der Waals surface area contributed by atoms with Crippen molar-refractivity contribution in [1.29, 1.82) is 0 Å². The van der Waals surface area contributed by atoms with E-state index in [0.717, 1.165) is 5.56 Å². The van der Waals surface area contributed by atoms with Gasteiger partial charge < -0.3 is 19.5 Å². The minimum absolute atomic E-state index is 0.210. The van der Waals surface area contributed by atoms with Gasteiger partial charge in [0.1, 0.15) is 5.75 Å². The molecule has 0 spiro atoms. The second-order valence-electron chi connectivity index (χ2n) is 5.99. The molecule has 5 nitrogen and oxygen atoms in total. The zero-order valence-corrected chi connectivity index (χ0v) is 15.5. The van der Waals surface area contributed by atoms with Gasteiger partial charge in [0.25, 0.3) is 0 Å². The fourth-order valence-corrected chi connectivity index (χ4v) is 2.84. The minimum atomic E-state index is -0.308. The maximum absolute atomic E-state index is 12.4. The lowest BCUT2D eigenvalue weighted by Gasteiger charge is -2.12. The number of rotatable bonds is 5. The van der Waals surface area contributed by atoms with Crippen LogP contribution in [-0.4, -0.2) is 12.7 Å². The van der Waals surface area contributed by atoms with Crippen LogP contribution < -0.4 is 19.5 Å². The van der Waals surface area contributed by atoms with Gasteiger partial charge in [0.05, 0.1) is 5.69 Å². The van der Waals surface area contributed by atoms with Crippen molar-refractivity contribution in [2.75, 3.05) is 12.1 Å². The molecule has 0 aliphatic carbocycles. The van der Waals surface area contributed by atoms with Crippen molar-refractivity contribution >= 4 is 29.3 Å². The molecular weight excluding hydrogens is 378 g/mol. The molecule has 28 heavy (non-hydrogen) atoms. The normalized spacial score (nSPS) is 12.2. The summed E-state index contributed by atoms with van der Waals surface area (Å²) < 4.78 is 16.5. The Morgan fingerprint density at radius 2 is 1.82 bits per heavy atom. The predicted molar refractivity (Wildman–Crippen MR) is 108 cm³/mol.